The van der Waals surface area contributed by atoms with Gasteiger partial charge in [0.15, 0.2) is 11.5 Å². The highest BCUT2D eigenvalue weighted by Gasteiger charge is 2.17. The largest absolute Gasteiger partial charge is 0.493 e. The lowest BCUT2D eigenvalue weighted by Crippen LogP contribution is -2.02. The zero-order valence-electron chi connectivity index (χ0n) is 9.59. The lowest BCUT2D eigenvalue weighted by Gasteiger charge is -2.16. The Morgan fingerprint density at radius 2 is 1.67 bits per heavy atom. The predicted molar refractivity (Wildman–Crippen MR) is 59.9 cm³/mol. The fourth-order valence-electron chi connectivity index (χ4n) is 1.60. The van der Waals surface area contributed by atoms with E-state index in [9.17, 15) is 0 Å². The number of anilines is 1. The molecule has 0 aliphatic rings. The summed E-state index contributed by atoms with van der Waals surface area (Å²) >= 11 is 0. The normalized spacial score (nSPS) is 9.87. The molecule has 0 saturated heterocycles. The van der Waals surface area contributed by atoms with E-state index in [2.05, 4.69) is 0 Å². The van der Waals surface area contributed by atoms with Gasteiger partial charge in [0.05, 0.1) is 21.3 Å². The second-order valence-corrected chi connectivity index (χ2v) is 3.07. The first-order valence-electron chi connectivity index (χ1n) is 4.76. The maximum absolute atomic E-state index is 5.89. The Balaban J connectivity index is 3.44. The van der Waals surface area contributed by atoms with Crippen molar-refractivity contribution in [2.75, 3.05) is 27.1 Å². The number of nitrogens with two attached hydrogens (primary N) is 1. The van der Waals surface area contributed by atoms with E-state index >= 15 is 0 Å². The molecule has 0 radical (unpaired) electrons. The topological polar surface area (TPSA) is 53.7 Å². The molecule has 0 fully saturated rings. The molecule has 0 aromatic heterocycles. The van der Waals surface area contributed by atoms with Gasteiger partial charge in [-0.05, 0) is 6.42 Å². The zero-order valence-corrected chi connectivity index (χ0v) is 9.59. The van der Waals surface area contributed by atoms with Crippen LogP contribution in [0, 0.1) is 0 Å². The summed E-state index contributed by atoms with van der Waals surface area (Å²) in [6.07, 6.45) is 0.787. The number of hydrogen-bond acceptors (Lipinski definition) is 4. The molecule has 0 bridgehead atoms. The average molecular weight is 211 g/mol. The third-order valence-corrected chi connectivity index (χ3v) is 2.32. The minimum Gasteiger partial charge on any atom is -0.493 e. The van der Waals surface area contributed by atoms with Crippen molar-refractivity contribution in [2.24, 2.45) is 0 Å². The fraction of sp³-hybridized carbons (Fsp3) is 0.455. The monoisotopic (exact) mass is 211 g/mol. The lowest BCUT2D eigenvalue weighted by atomic mass is 10.1. The third kappa shape index (κ3) is 1.93. The van der Waals surface area contributed by atoms with Crippen molar-refractivity contribution >= 4 is 5.69 Å². The van der Waals surface area contributed by atoms with Crippen LogP contribution < -0.4 is 19.9 Å². The summed E-state index contributed by atoms with van der Waals surface area (Å²) in [5.74, 6) is 1.83. The van der Waals surface area contributed by atoms with E-state index < -0.39 is 0 Å². The molecule has 2 N–H and O–H groups in total. The van der Waals surface area contributed by atoms with E-state index in [-0.39, 0.29) is 0 Å². The number of hydrogen-bond donors (Lipinski definition) is 1. The molecule has 0 spiro atoms. The highest BCUT2D eigenvalue weighted by Crippen LogP contribution is 2.43. The smallest absolute Gasteiger partial charge is 0.203 e. The van der Waals surface area contributed by atoms with Crippen LogP contribution in [-0.4, -0.2) is 21.3 Å². The molecule has 1 rings (SSSR count). The molecule has 0 atom stereocenters. The van der Waals surface area contributed by atoms with E-state index in [1.54, 1.807) is 27.4 Å². The summed E-state index contributed by atoms with van der Waals surface area (Å²) in [6.45, 7) is 2.01. The Morgan fingerprint density at radius 3 is 2.07 bits per heavy atom. The molecule has 1 aromatic carbocycles. The average Bonchev–Trinajstić information content (AvgIpc) is 2.27. The quantitative estimate of drug-likeness (QED) is 0.772. The molecule has 1 aromatic rings. The summed E-state index contributed by atoms with van der Waals surface area (Å²) < 4.78 is 15.7. The van der Waals surface area contributed by atoms with Gasteiger partial charge >= 0.3 is 0 Å². The molecule has 0 saturated carbocycles. The second-order valence-electron chi connectivity index (χ2n) is 3.07. The van der Waals surface area contributed by atoms with Gasteiger partial charge < -0.3 is 19.9 Å². The molecule has 15 heavy (non-hydrogen) atoms. The lowest BCUT2D eigenvalue weighted by molar-refractivity contribution is 0.323. The Morgan fingerprint density at radius 1 is 1.07 bits per heavy atom. The van der Waals surface area contributed by atoms with Gasteiger partial charge in [-0.2, -0.15) is 0 Å². The Hall–Kier alpha value is -1.58. The minimum atomic E-state index is 0.587. The second kappa shape index (κ2) is 4.77. The number of rotatable bonds is 4. The highest BCUT2D eigenvalue weighted by molar-refractivity contribution is 5.66. The van der Waals surface area contributed by atoms with Crippen LogP contribution in [0.4, 0.5) is 5.69 Å². The standard InChI is InChI=1S/C11H17NO3/c1-5-7-8(12)6-9(13-2)11(15-4)10(7)14-3/h6H,5,12H2,1-4H3. The molecule has 4 nitrogen and oxygen atoms in total. The molecule has 0 amide bonds. The van der Waals surface area contributed by atoms with Gasteiger partial charge in [-0.1, -0.05) is 6.92 Å². The first-order chi connectivity index (χ1) is 7.19. The van der Waals surface area contributed by atoms with Crippen LogP contribution in [-0.2, 0) is 6.42 Å². The van der Waals surface area contributed by atoms with Gasteiger partial charge in [0, 0.05) is 17.3 Å². The summed E-state index contributed by atoms with van der Waals surface area (Å²) in [5, 5.41) is 0. The van der Waals surface area contributed by atoms with Crippen molar-refractivity contribution in [3.63, 3.8) is 0 Å². The van der Waals surface area contributed by atoms with Crippen LogP contribution in [0.1, 0.15) is 12.5 Å². The van der Waals surface area contributed by atoms with Gasteiger partial charge in [-0.3, -0.25) is 0 Å². The van der Waals surface area contributed by atoms with Crippen LogP contribution in [0.15, 0.2) is 6.07 Å². The van der Waals surface area contributed by atoms with E-state index in [0.717, 1.165) is 12.0 Å². The number of nitrogen functional groups attached to an aromatic ring is 1. The zero-order chi connectivity index (χ0) is 11.4. The molecule has 0 heterocycles. The van der Waals surface area contributed by atoms with Crippen molar-refractivity contribution in [2.45, 2.75) is 13.3 Å². The molecule has 84 valence electrons. The third-order valence-electron chi connectivity index (χ3n) is 2.32. The highest BCUT2D eigenvalue weighted by atomic mass is 16.5. The van der Waals surface area contributed by atoms with Gasteiger partial charge in [0.1, 0.15) is 0 Å². The van der Waals surface area contributed by atoms with Crippen LogP contribution >= 0.6 is 0 Å². The van der Waals surface area contributed by atoms with Crippen molar-refractivity contribution in [3.05, 3.63) is 11.6 Å². The summed E-state index contributed by atoms with van der Waals surface area (Å²) in [6, 6.07) is 1.75. The van der Waals surface area contributed by atoms with Crippen LogP contribution in [0.5, 0.6) is 17.2 Å². The molecule has 0 unspecified atom stereocenters. The Kier molecular flexibility index (Phi) is 3.66. The van der Waals surface area contributed by atoms with Gasteiger partial charge in [-0.15, -0.1) is 0 Å². The van der Waals surface area contributed by atoms with E-state index in [4.69, 9.17) is 19.9 Å². The minimum absolute atomic E-state index is 0.587. The van der Waals surface area contributed by atoms with Crippen molar-refractivity contribution < 1.29 is 14.2 Å². The summed E-state index contributed by atoms with van der Waals surface area (Å²) in [7, 11) is 4.74. The maximum atomic E-state index is 5.89. The summed E-state index contributed by atoms with van der Waals surface area (Å²) in [4.78, 5) is 0. The van der Waals surface area contributed by atoms with E-state index in [1.807, 2.05) is 6.92 Å². The number of methoxy groups -OCH3 is 3. The van der Waals surface area contributed by atoms with Crippen molar-refractivity contribution in [1.82, 2.24) is 0 Å². The van der Waals surface area contributed by atoms with E-state index in [1.165, 1.54) is 0 Å². The van der Waals surface area contributed by atoms with Gasteiger partial charge in [0.25, 0.3) is 0 Å². The first-order valence-corrected chi connectivity index (χ1v) is 4.76. The molecular weight excluding hydrogens is 194 g/mol. The molecular formula is C11H17NO3. The summed E-state index contributed by atoms with van der Waals surface area (Å²) in [5.41, 5.74) is 7.49. The molecule has 0 aliphatic heterocycles. The predicted octanol–water partition coefficient (Wildman–Crippen LogP) is 1.86. The molecule has 0 aliphatic carbocycles. The van der Waals surface area contributed by atoms with Crippen molar-refractivity contribution in [3.8, 4) is 17.2 Å². The number of benzene rings is 1. The molecule has 4 heteroatoms. The van der Waals surface area contributed by atoms with Crippen LogP contribution in [0.25, 0.3) is 0 Å². The SMILES string of the molecule is CCc1c(N)cc(OC)c(OC)c1OC. The van der Waals surface area contributed by atoms with Crippen molar-refractivity contribution in [1.29, 1.82) is 0 Å². The number of ether oxygens (including phenoxy) is 3. The first kappa shape index (κ1) is 11.5. The Bertz CT molecular complexity index is 350. The maximum Gasteiger partial charge on any atom is 0.203 e. The van der Waals surface area contributed by atoms with E-state index in [0.29, 0.717) is 22.9 Å². The van der Waals surface area contributed by atoms with Gasteiger partial charge in [-0.25, -0.2) is 0 Å². The van der Waals surface area contributed by atoms with Gasteiger partial charge in [0.2, 0.25) is 5.75 Å². The fourth-order valence-corrected chi connectivity index (χ4v) is 1.60. The van der Waals surface area contributed by atoms with Crippen LogP contribution in [0.3, 0.4) is 0 Å². The Labute approximate surface area is 89.9 Å². The van der Waals surface area contributed by atoms with Crippen LogP contribution in [0.2, 0.25) is 0 Å².